The highest BCUT2D eigenvalue weighted by Crippen LogP contribution is 2.26. The number of aromatic nitrogens is 3. The van der Waals surface area contributed by atoms with Gasteiger partial charge in [-0.2, -0.15) is 0 Å². The molecule has 0 aliphatic carbocycles. The number of anilines is 1. The third-order valence-corrected chi connectivity index (χ3v) is 4.22. The van der Waals surface area contributed by atoms with Crippen molar-refractivity contribution in [2.45, 2.75) is 33.6 Å². The van der Waals surface area contributed by atoms with Crippen molar-refractivity contribution in [3.63, 3.8) is 0 Å². The number of ether oxygens (including phenoxy) is 1. The number of fused-ring (bicyclic) bond motifs is 1. The second-order valence-electron chi connectivity index (χ2n) is 6.94. The Kier molecular flexibility index (Phi) is 7.33. The minimum atomic E-state index is -0.683. The Bertz CT molecular complexity index is 1200. The zero-order chi connectivity index (χ0) is 23.1. The lowest BCUT2D eigenvalue weighted by atomic mass is 10.2. The average Bonchev–Trinajstić information content (AvgIpc) is 3.09. The second kappa shape index (κ2) is 10.3. The number of allylic oxidation sites excluding steroid dienone is 3. The Labute approximate surface area is 184 Å². The number of carbonyl (C=O) groups is 2. The van der Waals surface area contributed by atoms with Gasteiger partial charge in [0.25, 0.3) is 0 Å². The fourth-order valence-electron chi connectivity index (χ4n) is 2.93. The first-order valence-corrected chi connectivity index (χ1v) is 10.1. The molecule has 0 fully saturated rings. The van der Waals surface area contributed by atoms with E-state index in [1.807, 2.05) is 26.8 Å². The van der Waals surface area contributed by atoms with E-state index < -0.39 is 24.1 Å². The maximum absolute atomic E-state index is 14.5. The Morgan fingerprint density at radius 3 is 2.75 bits per heavy atom. The van der Waals surface area contributed by atoms with Crippen LogP contribution in [0.1, 0.15) is 32.4 Å². The van der Waals surface area contributed by atoms with Gasteiger partial charge in [0, 0.05) is 23.5 Å². The molecule has 3 rings (SSSR count). The lowest BCUT2D eigenvalue weighted by Crippen LogP contribution is -2.27. The number of nitrogens with zero attached hydrogens (tertiary/aromatic N) is 3. The van der Waals surface area contributed by atoms with Crippen molar-refractivity contribution in [1.29, 1.82) is 0 Å². The smallest absolute Gasteiger partial charge is 0.237 e. The maximum Gasteiger partial charge on any atom is 0.237 e. The highest BCUT2D eigenvalue weighted by atomic mass is 19.1. The van der Waals surface area contributed by atoms with E-state index in [1.165, 1.54) is 12.1 Å². The van der Waals surface area contributed by atoms with E-state index >= 15 is 0 Å². The molecule has 2 aromatic heterocycles. The highest BCUT2D eigenvalue weighted by Gasteiger charge is 2.13. The van der Waals surface area contributed by atoms with Crippen LogP contribution in [0.2, 0.25) is 0 Å². The summed E-state index contributed by atoms with van der Waals surface area (Å²) in [5.41, 5.74) is 2.28. The van der Waals surface area contributed by atoms with E-state index in [4.69, 9.17) is 4.74 Å². The summed E-state index contributed by atoms with van der Waals surface area (Å²) in [6, 6.07) is 7.28. The number of hydrogen-bond donors (Lipinski definition) is 2. The normalized spacial score (nSPS) is 11.7. The van der Waals surface area contributed by atoms with Crippen LogP contribution < -0.4 is 15.4 Å². The van der Waals surface area contributed by atoms with Crippen LogP contribution in [0, 0.1) is 12.7 Å². The van der Waals surface area contributed by atoms with Crippen LogP contribution in [-0.2, 0) is 9.59 Å². The van der Waals surface area contributed by atoms with Gasteiger partial charge in [-0.1, -0.05) is 19.1 Å². The minimum Gasteiger partial charge on any atom is -0.434 e. The molecule has 32 heavy (non-hydrogen) atoms. The number of rotatable bonds is 8. The fourth-order valence-corrected chi connectivity index (χ4v) is 2.93. The topological polar surface area (TPSA) is 97.6 Å². The van der Waals surface area contributed by atoms with Crippen LogP contribution in [0.3, 0.4) is 0 Å². The average molecular weight is 437 g/mol. The predicted molar refractivity (Wildman–Crippen MR) is 119 cm³/mol. The molecule has 0 aliphatic heterocycles. The van der Waals surface area contributed by atoms with E-state index in [0.717, 1.165) is 18.2 Å². The van der Waals surface area contributed by atoms with Crippen molar-refractivity contribution in [2.75, 3.05) is 5.32 Å². The maximum atomic E-state index is 14.5. The molecule has 0 spiro atoms. The number of nitrogens with one attached hydrogen (secondary N) is 2. The van der Waals surface area contributed by atoms with E-state index in [2.05, 4.69) is 20.7 Å². The molecule has 0 saturated heterocycles. The zero-order valence-electron chi connectivity index (χ0n) is 18.1. The van der Waals surface area contributed by atoms with Gasteiger partial charge in [-0.05, 0) is 44.5 Å². The van der Waals surface area contributed by atoms with Crippen LogP contribution in [-0.4, -0.2) is 26.4 Å². The van der Waals surface area contributed by atoms with Crippen molar-refractivity contribution in [3.05, 3.63) is 72.0 Å². The van der Waals surface area contributed by atoms with Gasteiger partial charge >= 0.3 is 0 Å². The molecule has 0 radical (unpaired) electrons. The van der Waals surface area contributed by atoms with Gasteiger partial charge in [0.05, 0.1) is 11.9 Å². The van der Waals surface area contributed by atoms with Gasteiger partial charge < -0.3 is 15.4 Å². The van der Waals surface area contributed by atoms with Crippen molar-refractivity contribution < 1.29 is 18.7 Å². The molecule has 0 unspecified atom stereocenters. The van der Waals surface area contributed by atoms with Gasteiger partial charge in [0.1, 0.15) is 6.42 Å². The number of hydrogen-bond acceptors (Lipinski definition) is 5. The molecule has 8 nitrogen and oxygen atoms in total. The molecule has 3 aromatic rings. The number of halogens is 1. The van der Waals surface area contributed by atoms with E-state index in [1.54, 1.807) is 35.0 Å². The van der Waals surface area contributed by atoms with Crippen molar-refractivity contribution in [2.24, 2.45) is 0 Å². The summed E-state index contributed by atoms with van der Waals surface area (Å²) < 4.78 is 21.5. The largest absolute Gasteiger partial charge is 0.434 e. The molecule has 0 aliphatic rings. The molecular formula is C23H24FN5O3. The second-order valence-corrected chi connectivity index (χ2v) is 6.94. The summed E-state index contributed by atoms with van der Waals surface area (Å²) in [6.45, 7) is 5.61. The Balaban J connectivity index is 1.61. The first-order chi connectivity index (χ1) is 15.4. The molecule has 0 bridgehead atoms. The van der Waals surface area contributed by atoms with E-state index in [-0.39, 0.29) is 17.3 Å². The SMILES string of the molecule is C/C=C\C(=C/CC)NC(=O)CC(=O)Nc1ccc(Oc2ccc3nc(C)cn3n2)c(F)c1. The number of carbonyl (C=O) groups excluding carboxylic acids is 2. The Morgan fingerprint density at radius 1 is 1.22 bits per heavy atom. The van der Waals surface area contributed by atoms with Gasteiger partial charge in [-0.25, -0.2) is 13.9 Å². The summed E-state index contributed by atoms with van der Waals surface area (Å²) in [6.07, 6.45) is 7.45. The van der Waals surface area contributed by atoms with Crippen molar-refractivity contribution >= 4 is 23.1 Å². The van der Waals surface area contributed by atoms with E-state index in [9.17, 15) is 14.0 Å². The van der Waals surface area contributed by atoms with Crippen LogP contribution in [0.5, 0.6) is 11.6 Å². The zero-order valence-corrected chi connectivity index (χ0v) is 18.1. The molecule has 0 saturated carbocycles. The molecule has 0 atom stereocenters. The number of benzene rings is 1. The van der Waals surface area contributed by atoms with Crippen LogP contribution >= 0.6 is 0 Å². The standard InChI is InChI=1S/C23H24FN5O3/c1-4-6-16(7-5-2)26-21(30)13-22(31)27-17-8-9-19(18(24)12-17)32-23-11-10-20-25-15(3)14-29(20)28-23/h4,6-12,14H,5,13H2,1-3H3,(H,26,30)(H,27,31)/b6-4-,16-7+. The Hall–Kier alpha value is -4.01. The number of aryl methyl sites for hydroxylation is 1. The third kappa shape index (κ3) is 6.00. The molecular weight excluding hydrogens is 413 g/mol. The summed E-state index contributed by atoms with van der Waals surface area (Å²) in [4.78, 5) is 28.5. The van der Waals surface area contributed by atoms with Gasteiger partial charge in [0.2, 0.25) is 17.7 Å². The Morgan fingerprint density at radius 2 is 2.03 bits per heavy atom. The summed E-state index contributed by atoms with van der Waals surface area (Å²) in [5, 5.41) is 9.40. The van der Waals surface area contributed by atoms with Gasteiger partial charge in [-0.3, -0.25) is 9.59 Å². The predicted octanol–water partition coefficient (Wildman–Crippen LogP) is 4.28. The first-order valence-electron chi connectivity index (χ1n) is 10.1. The monoisotopic (exact) mass is 437 g/mol. The molecule has 166 valence electrons. The summed E-state index contributed by atoms with van der Waals surface area (Å²) >= 11 is 0. The highest BCUT2D eigenvalue weighted by molar-refractivity contribution is 6.04. The third-order valence-electron chi connectivity index (χ3n) is 4.22. The molecule has 2 N–H and O–H groups in total. The molecule has 9 heteroatoms. The van der Waals surface area contributed by atoms with Crippen LogP contribution in [0.15, 0.2) is 60.5 Å². The van der Waals surface area contributed by atoms with Crippen LogP contribution in [0.25, 0.3) is 5.65 Å². The first kappa shape index (κ1) is 22.7. The lowest BCUT2D eigenvalue weighted by molar-refractivity contribution is -0.126. The minimum absolute atomic E-state index is 0.0508. The molecule has 1 aromatic carbocycles. The van der Waals surface area contributed by atoms with E-state index in [0.29, 0.717) is 11.3 Å². The van der Waals surface area contributed by atoms with Crippen molar-refractivity contribution in [1.82, 2.24) is 19.9 Å². The van der Waals surface area contributed by atoms with Gasteiger partial charge in [-0.15, -0.1) is 5.10 Å². The summed E-state index contributed by atoms with van der Waals surface area (Å²) in [5.74, 6) is -1.56. The van der Waals surface area contributed by atoms with Crippen LogP contribution in [0.4, 0.5) is 10.1 Å². The van der Waals surface area contributed by atoms with Crippen molar-refractivity contribution in [3.8, 4) is 11.6 Å². The lowest BCUT2D eigenvalue weighted by Gasteiger charge is -2.10. The quantitative estimate of drug-likeness (QED) is 0.405. The summed E-state index contributed by atoms with van der Waals surface area (Å²) in [7, 11) is 0. The van der Waals surface area contributed by atoms with Gasteiger partial charge in [0.15, 0.2) is 17.2 Å². The number of amides is 2. The molecule has 2 heterocycles. The number of imidazole rings is 1. The molecule has 2 amide bonds. The fraction of sp³-hybridized carbons (Fsp3) is 0.217.